The van der Waals surface area contributed by atoms with Crippen molar-refractivity contribution in [1.29, 1.82) is 0 Å². The summed E-state index contributed by atoms with van der Waals surface area (Å²) in [6, 6.07) is 4.42. The predicted molar refractivity (Wildman–Crippen MR) is 84.5 cm³/mol. The molecule has 1 atom stereocenters. The zero-order chi connectivity index (χ0) is 15.4. The SMILES string of the molecule is CC1CCCN(C(=O)NCc2ccc(C(N)=S)cc2F)C1. The van der Waals surface area contributed by atoms with Crippen LogP contribution < -0.4 is 11.1 Å². The second-order valence-corrected chi connectivity index (χ2v) is 5.96. The fourth-order valence-corrected chi connectivity index (χ4v) is 2.63. The van der Waals surface area contributed by atoms with Gasteiger partial charge < -0.3 is 16.0 Å². The Morgan fingerprint density at radius 1 is 1.57 bits per heavy atom. The van der Waals surface area contributed by atoms with Crippen molar-refractivity contribution in [2.24, 2.45) is 11.7 Å². The highest BCUT2D eigenvalue weighted by atomic mass is 32.1. The molecule has 1 heterocycles. The number of hydrogen-bond acceptors (Lipinski definition) is 2. The van der Waals surface area contributed by atoms with Crippen LogP contribution in [0.2, 0.25) is 0 Å². The Labute approximate surface area is 129 Å². The van der Waals surface area contributed by atoms with Crippen LogP contribution in [-0.4, -0.2) is 29.0 Å². The number of hydrogen-bond donors (Lipinski definition) is 2. The molecule has 1 aliphatic heterocycles. The van der Waals surface area contributed by atoms with Crippen molar-refractivity contribution >= 4 is 23.2 Å². The molecule has 1 saturated heterocycles. The first-order valence-electron chi connectivity index (χ1n) is 7.08. The van der Waals surface area contributed by atoms with Gasteiger partial charge in [-0.3, -0.25) is 0 Å². The number of nitrogens with two attached hydrogens (primary N) is 1. The Kier molecular flexibility index (Phi) is 5.12. The van der Waals surface area contributed by atoms with E-state index < -0.39 is 5.82 Å². The summed E-state index contributed by atoms with van der Waals surface area (Å²) in [5.41, 5.74) is 6.37. The van der Waals surface area contributed by atoms with Crippen LogP contribution in [0.3, 0.4) is 0 Å². The molecule has 1 unspecified atom stereocenters. The van der Waals surface area contributed by atoms with Crippen molar-refractivity contribution in [2.75, 3.05) is 13.1 Å². The van der Waals surface area contributed by atoms with E-state index in [1.165, 1.54) is 6.07 Å². The Morgan fingerprint density at radius 3 is 2.95 bits per heavy atom. The Bertz CT molecular complexity index is 550. The molecule has 2 amide bonds. The lowest BCUT2D eigenvalue weighted by Crippen LogP contribution is -2.44. The molecule has 0 bridgehead atoms. The molecular weight excluding hydrogens is 289 g/mol. The monoisotopic (exact) mass is 309 g/mol. The van der Waals surface area contributed by atoms with E-state index in [0.29, 0.717) is 17.0 Å². The van der Waals surface area contributed by atoms with Crippen LogP contribution in [0.5, 0.6) is 0 Å². The van der Waals surface area contributed by atoms with Crippen LogP contribution in [0.1, 0.15) is 30.9 Å². The molecule has 0 aliphatic carbocycles. The molecular formula is C15H20FN3OS. The minimum atomic E-state index is -0.410. The maximum atomic E-state index is 13.9. The third-order valence-corrected chi connectivity index (χ3v) is 3.95. The van der Waals surface area contributed by atoms with E-state index >= 15 is 0 Å². The smallest absolute Gasteiger partial charge is 0.317 e. The van der Waals surface area contributed by atoms with Gasteiger partial charge in [0, 0.05) is 30.8 Å². The number of carbonyl (C=O) groups is 1. The summed E-state index contributed by atoms with van der Waals surface area (Å²) in [5.74, 6) is 0.110. The summed E-state index contributed by atoms with van der Waals surface area (Å²) in [6.07, 6.45) is 2.17. The topological polar surface area (TPSA) is 58.4 Å². The van der Waals surface area contributed by atoms with E-state index in [2.05, 4.69) is 12.2 Å². The second-order valence-electron chi connectivity index (χ2n) is 5.52. The fourth-order valence-electron chi connectivity index (χ4n) is 2.50. The van der Waals surface area contributed by atoms with Crippen molar-refractivity contribution in [3.8, 4) is 0 Å². The molecule has 0 aromatic heterocycles. The van der Waals surface area contributed by atoms with Crippen molar-refractivity contribution in [2.45, 2.75) is 26.3 Å². The number of urea groups is 1. The minimum Gasteiger partial charge on any atom is -0.389 e. The zero-order valence-electron chi connectivity index (χ0n) is 12.1. The van der Waals surface area contributed by atoms with E-state index in [1.54, 1.807) is 17.0 Å². The van der Waals surface area contributed by atoms with Crippen LogP contribution in [0.15, 0.2) is 18.2 Å². The molecule has 21 heavy (non-hydrogen) atoms. The van der Waals surface area contributed by atoms with Gasteiger partial charge in [0.1, 0.15) is 10.8 Å². The first kappa shape index (κ1) is 15.7. The molecule has 0 spiro atoms. The van der Waals surface area contributed by atoms with Crippen LogP contribution >= 0.6 is 12.2 Å². The van der Waals surface area contributed by atoms with Crippen molar-refractivity contribution in [3.05, 3.63) is 35.1 Å². The number of likely N-dealkylation sites (tertiary alicyclic amines) is 1. The van der Waals surface area contributed by atoms with Crippen LogP contribution in [0.25, 0.3) is 0 Å². The molecule has 0 radical (unpaired) electrons. The largest absolute Gasteiger partial charge is 0.389 e. The molecule has 114 valence electrons. The Hall–Kier alpha value is -1.69. The molecule has 3 N–H and O–H groups in total. The van der Waals surface area contributed by atoms with Gasteiger partial charge in [-0.2, -0.15) is 0 Å². The van der Waals surface area contributed by atoms with Crippen LogP contribution in [0.4, 0.5) is 9.18 Å². The molecule has 6 heteroatoms. The molecule has 1 aromatic carbocycles. The van der Waals surface area contributed by atoms with Gasteiger partial charge in [0.25, 0.3) is 0 Å². The quantitative estimate of drug-likeness (QED) is 0.843. The van der Waals surface area contributed by atoms with Crippen LogP contribution in [0, 0.1) is 11.7 Å². The van der Waals surface area contributed by atoms with Crippen LogP contribution in [-0.2, 0) is 6.54 Å². The maximum Gasteiger partial charge on any atom is 0.317 e. The lowest BCUT2D eigenvalue weighted by Gasteiger charge is -2.31. The first-order valence-corrected chi connectivity index (χ1v) is 7.49. The lowest BCUT2D eigenvalue weighted by atomic mass is 10.0. The number of piperidine rings is 1. The Balaban J connectivity index is 1.93. The predicted octanol–water partition coefficient (Wildman–Crippen LogP) is 2.40. The van der Waals surface area contributed by atoms with E-state index in [0.717, 1.165) is 25.9 Å². The normalized spacial score (nSPS) is 18.4. The van der Waals surface area contributed by atoms with E-state index in [9.17, 15) is 9.18 Å². The molecule has 1 aliphatic rings. The standard InChI is InChI=1S/C15H20FN3OS/c1-10-3-2-6-19(9-10)15(20)18-8-12-5-4-11(14(17)21)7-13(12)16/h4-5,7,10H,2-3,6,8-9H2,1H3,(H2,17,21)(H,18,20). The third kappa shape index (κ3) is 4.14. The Morgan fingerprint density at radius 2 is 2.33 bits per heavy atom. The lowest BCUT2D eigenvalue weighted by molar-refractivity contribution is 0.169. The highest BCUT2D eigenvalue weighted by molar-refractivity contribution is 7.80. The van der Waals surface area contributed by atoms with Gasteiger partial charge in [0.15, 0.2) is 0 Å². The van der Waals surface area contributed by atoms with Gasteiger partial charge in [-0.05, 0) is 24.8 Å². The second kappa shape index (κ2) is 6.85. The van der Waals surface area contributed by atoms with E-state index in [1.807, 2.05) is 0 Å². The average Bonchev–Trinajstić information content (AvgIpc) is 2.45. The zero-order valence-corrected chi connectivity index (χ0v) is 12.9. The fraction of sp³-hybridized carbons (Fsp3) is 0.467. The summed E-state index contributed by atoms with van der Waals surface area (Å²) in [5, 5.41) is 2.76. The number of amides is 2. The number of halogens is 1. The molecule has 2 rings (SSSR count). The number of nitrogens with one attached hydrogen (secondary N) is 1. The number of nitrogens with zero attached hydrogens (tertiary/aromatic N) is 1. The van der Waals surface area contributed by atoms with Gasteiger partial charge in [0.2, 0.25) is 0 Å². The summed E-state index contributed by atoms with van der Waals surface area (Å²) in [4.78, 5) is 14.0. The van der Waals surface area contributed by atoms with E-state index in [4.69, 9.17) is 18.0 Å². The van der Waals surface area contributed by atoms with Crippen molar-refractivity contribution in [3.63, 3.8) is 0 Å². The number of thiocarbonyl (C=S) groups is 1. The minimum absolute atomic E-state index is 0.139. The average molecular weight is 309 g/mol. The number of benzene rings is 1. The molecule has 4 nitrogen and oxygen atoms in total. The molecule has 1 fully saturated rings. The third-order valence-electron chi connectivity index (χ3n) is 3.71. The highest BCUT2D eigenvalue weighted by Gasteiger charge is 2.20. The number of rotatable bonds is 3. The summed E-state index contributed by atoms with van der Waals surface area (Å²) < 4.78 is 13.9. The highest BCUT2D eigenvalue weighted by Crippen LogP contribution is 2.16. The first-order chi connectivity index (χ1) is 9.97. The molecule has 0 saturated carbocycles. The summed E-state index contributed by atoms with van der Waals surface area (Å²) >= 11 is 4.80. The van der Waals surface area contributed by atoms with Gasteiger partial charge >= 0.3 is 6.03 Å². The van der Waals surface area contributed by atoms with Crippen molar-refractivity contribution in [1.82, 2.24) is 10.2 Å². The van der Waals surface area contributed by atoms with Gasteiger partial charge in [-0.1, -0.05) is 31.3 Å². The van der Waals surface area contributed by atoms with Gasteiger partial charge in [0.05, 0.1) is 0 Å². The van der Waals surface area contributed by atoms with Gasteiger partial charge in [-0.15, -0.1) is 0 Å². The summed E-state index contributed by atoms with van der Waals surface area (Å²) in [7, 11) is 0. The summed E-state index contributed by atoms with van der Waals surface area (Å²) in [6.45, 7) is 3.81. The van der Waals surface area contributed by atoms with Crippen molar-refractivity contribution < 1.29 is 9.18 Å². The van der Waals surface area contributed by atoms with Gasteiger partial charge in [-0.25, -0.2) is 9.18 Å². The maximum absolute atomic E-state index is 13.9. The molecule has 1 aromatic rings. The van der Waals surface area contributed by atoms with E-state index in [-0.39, 0.29) is 17.6 Å². The number of carbonyl (C=O) groups excluding carboxylic acids is 1.